The molecule has 5 heterocycles. The molecule has 10 heteroatoms. The molecule has 0 bridgehead atoms. The van der Waals surface area contributed by atoms with Crippen molar-refractivity contribution in [1.82, 2.24) is 19.7 Å². The quantitative estimate of drug-likeness (QED) is 0.396. The van der Waals surface area contributed by atoms with Crippen LogP contribution in [0.15, 0.2) is 55.0 Å². The number of pyridine rings is 2. The summed E-state index contributed by atoms with van der Waals surface area (Å²) in [7, 11) is 3.10. The van der Waals surface area contributed by atoms with Crippen LogP contribution in [0.1, 0.15) is 28.0 Å². The third-order valence-corrected chi connectivity index (χ3v) is 6.40. The Morgan fingerprint density at radius 1 is 1.05 bits per heavy atom. The van der Waals surface area contributed by atoms with Gasteiger partial charge in [0.05, 0.1) is 69.4 Å². The van der Waals surface area contributed by atoms with Gasteiger partial charge in [-0.3, -0.25) is 19.4 Å². The number of nitrogens with zero attached hydrogens (tertiary/aromatic N) is 5. The minimum Gasteiger partial charge on any atom is -0.491 e. The number of benzene rings is 1. The number of carbonyl (C=O) groups excluding carboxylic acids is 1. The third kappa shape index (κ3) is 4.20. The van der Waals surface area contributed by atoms with Crippen LogP contribution in [-0.4, -0.2) is 53.1 Å². The molecule has 0 radical (unpaired) electrons. The summed E-state index contributed by atoms with van der Waals surface area (Å²) in [5.74, 6) is 2.31. The summed E-state index contributed by atoms with van der Waals surface area (Å²) in [6, 6.07) is 11.3. The summed E-state index contributed by atoms with van der Waals surface area (Å²) in [5, 5.41) is 4.50. The zero-order chi connectivity index (χ0) is 25.4. The van der Waals surface area contributed by atoms with E-state index in [0.717, 1.165) is 29.0 Å². The van der Waals surface area contributed by atoms with Crippen molar-refractivity contribution >= 4 is 11.6 Å². The van der Waals surface area contributed by atoms with Gasteiger partial charge in [0.2, 0.25) is 0 Å². The first-order valence-corrected chi connectivity index (χ1v) is 11.9. The number of hydrogen-bond acceptors (Lipinski definition) is 8. The van der Waals surface area contributed by atoms with Crippen LogP contribution in [0.25, 0.3) is 11.3 Å². The van der Waals surface area contributed by atoms with Crippen LogP contribution in [0.5, 0.6) is 23.1 Å². The Balaban J connectivity index is 1.23. The third-order valence-electron chi connectivity index (χ3n) is 6.40. The minimum absolute atomic E-state index is 0.107. The van der Waals surface area contributed by atoms with Crippen molar-refractivity contribution in [3.8, 4) is 34.4 Å². The van der Waals surface area contributed by atoms with Gasteiger partial charge in [-0.1, -0.05) is 12.1 Å². The largest absolute Gasteiger partial charge is 0.491 e. The standard InChI is InChI=1S/C27H25N5O5/c1-34-24-11-18(12-28-26(24)35-2)21-8-7-20-22(30-21)16-32(27(20)33)19-13-29-31(15-19)14-17-5-3-6-23-25(17)37-10-4-9-36-23/h3,5-8,11-13,15H,4,9-10,14,16H2,1-2H3. The molecule has 0 spiro atoms. The molecule has 3 aromatic heterocycles. The molecule has 0 N–H and O–H groups in total. The Morgan fingerprint density at radius 3 is 2.81 bits per heavy atom. The second kappa shape index (κ2) is 9.45. The Morgan fingerprint density at radius 2 is 1.95 bits per heavy atom. The number of para-hydroxylation sites is 1. The molecule has 6 rings (SSSR count). The first kappa shape index (κ1) is 22.8. The lowest BCUT2D eigenvalue weighted by atomic mass is 10.1. The highest BCUT2D eigenvalue weighted by Gasteiger charge is 2.31. The fourth-order valence-electron chi connectivity index (χ4n) is 4.56. The molecule has 0 saturated carbocycles. The van der Waals surface area contributed by atoms with Crippen molar-refractivity contribution in [3.63, 3.8) is 0 Å². The van der Waals surface area contributed by atoms with E-state index >= 15 is 0 Å². The van der Waals surface area contributed by atoms with Gasteiger partial charge in [-0.2, -0.15) is 5.10 Å². The van der Waals surface area contributed by atoms with Gasteiger partial charge in [-0.15, -0.1) is 0 Å². The number of amides is 1. The van der Waals surface area contributed by atoms with Crippen LogP contribution in [0, 0.1) is 0 Å². The molecule has 1 amide bonds. The number of fused-ring (bicyclic) bond motifs is 2. The number of rotatable bonds is 6. The summed E-state index contributed by atoms with van der Waals surface area (Å²) >= 11 is 0. The van der Waals surface area contributed by atoms with Crippen molar-refractivity contribution in [2.75, 3.05) is 32.3 Å². The first-order chi connectivity index (χ1) is 18.1. The van der Waals surface area contributed by atoms with Crippen molar-refractivity contribution in [1.29, 1.82) is 0 Å². The van der Waals surface area contributed by atoms with Crippen molar-refractivity contribution < 1.29 is 23.7 Å². The van der Waals surface area contributed by atoms with Crippen LogP contribution in [0.2, 0.25) is 0 Å². The van der Waals surface area contributed by atoms with Crippen LogP contribution in [0.4, 0.5) is 5.69 Å². The van der Waals surface area contributed by atoms with Crippen molar-refractivity contribution in [2.45, 2.75) is 19.5 Å². The fourth-order valence-corrected chi connectivity index (χ4v) is 4.56. The van der Waals surface area contributed by atoms with E-state index in [1.165, 1.54) is 7.11 Å². The summed E-state index contributed by atoms with van der Waals surface area (Å²) in [4.78, 5) is 23.9. The molecular weight excluding hydrogens is 474 g/mol. The second-order valence-corrected chi connectivity index (χ2v) is 8.71. The van der Waals surface area contributed by atoms with E-state index < -0.39 is 0 Å². The number of hydrogen-bond donors (Lipinski definition) is 0. The monoisotopic (exact) mass is 499 g/mol. The van der Waals surface area contributed by atoms with E-state index in [1.807, 2.05) is 36.5 Å². The molecule has 2 aliphatic rings. The average Bonchev–Trinajstić information content (AvgIpc) is 3.43. The van der Waals surface area contributed by atoms with Gasteiger partial charge in [-0.05, 0) is 24.3 Å². The van der Waals surface area contributed by atoms with Crippen LogP contribution in [-0.2, 0) is 13.1 Å². The van der Waals surface area contributed by atoms with E-state index in [4.69, 9.17) is 23.9 Å². The number of anilines is 1. The van der Waals surface area contributed by atoms with E-state index in [2.05, 4.69) is 10.1 Å². The molecule has 0 atom stereocenters. The molecular formula is C27H25N5O5. The smallest absolute Gasteiger partial charge is 0.260 e. The van der Waals surface area contributed by atoms with Gasteiger partial charge < -0.3 is 18.9 Å². The number of ether oxygens (including phenoxy) is 4. The average molecular weight is 500 g/mol. The minimum atomic E-state index is -0.107. The molecule has 0 unspecified atom stereocenters. The van der Waals surface area contributed by atoms with Gasteiger partial charge in [-0.25, -0.2) is 4.98 Å². The van der Waals surface area contributed by atoms with Gasteiger partial charge >= 0.3 is 0 Å². The lowest BCUT2D eigenvalue weighted by Gasteiger charge is -2.13. The van der Waals surface area contributed by atoms with Crippen molar-refractivity contribution in [2.24, 2.45) is 0 Å². The molecule has 188 valence electrons. The fraction of sp³-hybridized carbons (Fsp3) is 0.259. The molecule has 2 aliphatic heterocycles. The summed E-state index contributed by atoms with van der Waals surface area (Å²) < 4.78 is 24.1. The maximum absolute atomic E-state index is 13.2. The maximum atomic E-state index is 13.2. The number of aromatic nitrogens is 4. The molecule has 0 fully saturated rings. The molecule has 4 aromatic rings. The maximum Gasteiger partial charge on any atom is 0.260 e. The molecule has 0 aliphatic carbocycles. The second-order valence-electron chi connectivity index (χ2n) is 8.71. The van der Waals surface area contributed by atoms with Gasteiger partial charge in [0.25, 0.3) is 11.8 Å². The summed E-state index contributed by atoms with van der Waals surface area (Å²) in [6.45, 7) is 2.10. The predicted molar refractivity (Wildman–Crippen MR) is 134 cm³/mol. The highest BCUT2D eigenvalue weighted by Crippen LogP contribution is 2.35. The summed E-state index contributed by atoms with van der Waals surface area (Å²) in [5.41, 5.74) is 4.42. The van der Waals surface area contributed by atoms with E-state index in [0.29, 0.717) is 60.6 Å². The summed E-state index contributed by atoms with van der Waals surface area (Å²) in [6.07, 6.45) is 6.07. The zero-order valence-corrected chi connectivity index (χ0v) is 20.5. The Labute approximate surface area is 213 Å². The Kier molecular flexibility index (Phi) is 5.84. The van der Waals surface area contributed by atoms with Gasteiger partial charge in [0, 0.05) is 29.9 Å². The number of methoxy groups -OCH3 is 2. The van der Waals surface area contributed by atoms with E-state index in [-0.39, 0.29) is 5.91 Å². The SMILES string of the molecule is COc1cc(-c2ccc3c(n2)CN(c2cnn(Cc4cccc5c4OCCCO5)c2)C3=O)cnc1OC. The highest BCUT2D eigenvalue weighted by atomic mass is 16.5. The molecule has 1 aromatic carbocycles. The first-order valence-electron chi connectivity index (χ1n) is 11.9. The Hall–Kier alpha value is -4.60. The van der Waals surface area contributed by atoms with Crippen molar-refractivity contribution in [3.05, 3.63) is 71.8 Å². The molecule has 10 nitrogen and oxygen atoms in total. The van der Waals surface area contributed by atoms with Crippen LogP contribution >= 0.6 is 0 Å². The topological polar surface area (TPSA) is 101 Å². The van der Waals surface area contributed by atoms with Crippen LogP contribution in [0.3, 0.4) is 0 Å². The lowest BCUT2D eigenvalue weighted by Crippen LogP contribution is -2.22. The lowest BCUT2D eigenvalue weighted by molar-refractivity contribution is 0.0996. The van der Waals surface area contributed by atoms with E-state index in [1.54, 1.807) is 35.2 Å². The molecule has 37 heavy (non-hydrogen) atoms. The van der Waals surface area contributed by atoms with Gasteiger partial charge in [0.1, 0.15) is 0 Å². The van der Waals surface area contributed by atoms with Crippen LogP contribution < -0.4 is 23.8 Å². The molecule has 0 saturated heterocycles. The predicted octanol–water partition coefficient (Wildman–Crippen LogP) is 3.73. The Bertz CT molecular complexity index is 1480. The number of carbonyl (C=O) groups is 1. The van der Waals surface area contributed by atoms with E-state index in [9.17, 15) is 4.79 Å². The van der Waals surface area contributed by atoms with Gasteiger partial charge in [0.15, 0.2) is 17.2 Å². The normalized spacial score (nSPS) is 14.3. The zero-order valence-electron chi connectivity index (χ0n) is 20.5. The highest BCUT2D eigenvalue weighted by molar-refractivity contribution is 6.09.